The van der Waals surface area contributed by atoms with Gasteiger partial charge in [0.25, 0.3) is 0 Å². The Morgan fingerprint density at radius 3 is 1.18 bits per heavy atom. The zero-order chi connectivity index (χ0) is 36.9. The van der Waals surface area contributed by atoms with E-state index in [4.69, 9.17) is 17.0 Å². The van der Waals surface area contributed by atoms with Gasteiger partial charge in [-0.25, -0.2) is 0 Å². The fourth-order valence-corrected chi connectivity index (χ4v) is 5.64. The normalized spacial score (nSPS) is 11.1. The van der Waals surface area contributed by atoms with E-state index in [-0.39, 0.29) is 0 Å². The minimum absolute atomic E-state index is 0.613. The van der Waals surface area contributed by atoms with Crippen molar-refractivity contribution in [3.05, 3.63) is 131 Å². The first-order valence-electron chi connectivity index (χ1n) is 16.1. The quantitative estimate of drug-likeness (QED) is 0.0892. The van der Waals surface area contributed by atoms with Crippen LogP contribution in [-0.2, 0) is 46.0 Å². The molecule has 0 nitrogen and oxygen atoms in total. The molecule has 0 fully saturated rings. The van der Waals surface area contributed by atoms with Gasteiger partial charge in [0.05, 0.1) is 11.1 Å². The Kier molecular flexibility index (Phi) is 16.6. The molecule has 0 amide bonds. The number of fused-ring (bicyclic) bond motifs is 2. The SMILES string of the molecule is CCCc1cc2c(-c3ccc(C(F)(F)F)cc3)cccc2[cH-]1.CCCc1cc2c(-c3ccc(C(F)(F)F)cc3)cccc2[cH-]1.C[Si]C.[Cl][Zr+2][Cl]. The monoisotopic (exact) mass is 820 g/mol. The van der Waals surface area contributed by atoms with Crippen molar-refractivity contribution in [2.24, 2.45) is 0 Å². The van der Waals surface area contributed by atoms with Gasteiger partial charge in [-0.2, -0.15) is 38.5 Å². The van der Waals surface area contributed by atoms with Crippen molar-refractivity contribution in [2.75, 3.05) is 0 Å². The Morgan fingerprint density at radius 2 is 0.900 bits per heavy atom. The van der Waals surface area contributed by atoms with Crippen LogP contribution in [0.25, 0.3) is 43.8 Å². The van der Waals surface area contributed by atoms with Crippen LogP contribution in [0.3, 0.4) is 0 Å². The molecule has 0 spiro atoms. The molecule has 0 aliphatic heterocycles. The van der Waals surface area contributed by atoms with Gasteiger partial charge in [-0.3, -0.25) is 0 Å². The van der Waals surface area contributed by atoms with Crippen LogP contribution in [0.15, 0.2) is 109 Å². The molecular formula is C40H38Cl2F6SiZr. The number of rotatable bonds is 6. The second kappa shape index (κ2) is 19.8. The molecule has 0 N–H and O–H groups in total. The van der Waals surface area contributed by atoms with Crippen molar-refractivity contribution >= 4 is 48.1 Å². The summed E-state index contributed by atoms with van der Waals surface area (Å²) in [5.74, 6) is 0. The van der Waals surface area contributed by atoms with Crippen LogP contribution in [0, 0.1) is 0 Å². The molecule has 0 saturated heterocycles. The second-order valence-electron chi connectivity index (χ2n) is 11.6. The summed E-state index contributed by atoms with van der Waals surface area (Å²) in [5.41, 5.74) is 4.91. The molecule has 262 valence electrons. The summed E-state index contributed by atoms with van der Waals surface area (Å²) in [5, 5.41) is 4.48. The Hall–Kier alpha value is -2.64. The van der Waals surface area contributed by atoms with Gasteiger partial charge >= 0.3 is 50.2 Å². The molecule has 0 aromatic heterocycles. The van der Waals surface area contributed by atoms with Crippen LogP contribution < -0.4 is 0 Å². The second-order valence-corrected chi connectivity index (χ2v) is 16.3. The van der Waals surface area contributed by atoms with E-state index in [9.17, 15) is 26.3 Å². The molecule has 0 aliphatic carbocycles. The zero-order valence-corrected chi connectivity index (χ0v) is 33.2. The summed E-state index contributed by atoms with van der Waals surface area (Å²) >= 11 is -0.826. The van der Waals surface area contributed by atoms with Crippen LogP contribution in [0.4, 0.5) is 26.3 Å². The predicted molar refractivity (Wildman–Crippen MR) is 197 cm³/mol. The Bertz CT molecular complexity index is 1750. The first-order chi connectivity index (χ1) is 23.8. The minimum atomic E-state index is -4.29. The molecule has 50 heavy (non-hydrogen) atoms. The van der Waals surface area contributed by atoms with E-state index in [0.717, 1.165) is 103 Å². The number of hydrogen-bond acceptors (Lipinski definition) is 0. The number of alkyl halides is 6. The molecule has 0 bridgehead atoms. The van der Waals surface area contributed by atoms with E-state index in [1.54, 1.807) is 24.3 Å². The van der Waals surface area contributed by atoms with Gasteiger partial charge in [0.15, 0.2) is 0 Å². The van der Waals surface area contributed by atoms with Crippen LogP contribution in [-0.4, -0.2) is 9.52 Å². The van der Waals surface area contributed by atoms with E-state index in [2.05, 4.69) is 51.2 Å². The van der Waals surface area contributed by atoms with Gasteiger partial charge in [-0.15, -0.1) is 69.1 Å². The van der Waals surface area contributed by atoms with Gasteiger partial charge in [0.1, 0.15) is 0 Å². The first-order valence-corrected chi connectivity index (χ1v) is 24.4. The molecule has 0 saturated carbocycles. The maximum absolute atomic E-state index is 12.7. The summed E-state index contributed by atoms with van der Waals surface area (Å²) < 4.78 is 76.0. The van der Waals surface area contributed by atoms with Crippen molar-refractivity contribution in [3.8, 4) is 22.3 Å². The van der Waals surface area contributed by atoms with E-state index in [1.165, 1.54) is 11.1 Å². The van der Waals surface area contributed by atoms with Crippen molar-refractivity contribution in [1.82, 2.24) is 0 Å². The van der Waals surface area contributed by atoms with Crippen LogP contribution in [0.5, 0.6) is 0 Å². The molecule has 6 aromatic rings. The Balaban J connectivity index is 0.000000234. The third-order valence-electron chi connectivity index (χ3n) is 7.74. The number of aryl methyl sites for hydroxylation is 2. The third kappa shape index (κ3) is 11.7. The molecule has 6 rings (SSSR count). The predicted octanol–water partition coefficient (Wildman–Crippen LogP) is 14.6. The molecule has 6 aromatic carbocycles. The van der Waals surface area contributed by atoms with Gasteiger partial charge in [0.2, 0.25) is 0 Å². The molecule has 0 aliphatic rings. The van der Waals surface area contributed by atoms with Gasteiger partial charge in [0, 0.05) is 9.52 Å². The van der Waals surface area contributed by atoms with E-state index >= 15 is 0 Å². The Morgan fingerprint density at radius 1 is 0.580 bits per heavy atom. The van der Waals surface area contributed by atoms with E-state index in [0.29, 0.717) is 0 Å². The summed E-state index contributed by atoms with van der Waals surface area (Å²) in [6.07, 6.45) is -4.40. The average Bonchev–Trinajstić information content (AvgIpc) is 3.69. The number of benzene rings is 4. The van der Waals surface area contributed by atoms with Crippen molar-refractivity contribution < 1.29 is 47.2 Å². The molecule has 10 heteroatoms. The number of hydrogen-bond donors (Lipinski definition) is 0. The van der Waals surface area contributed by atoms with Crippen LogP contribution >= 0.6 is 17.0 Å². The van der Waals surface area contributed by atoms with Crippen molar-refractivity contribution in [1.29, 1.82) is 0 Å². The fourth-order valence-electron chi connectivity index (χ4n) is 5.64. The number of halogens is 8. The topological polar surface area (TPSA) is 0 Å². The van der Waals surface area contributed by atoms with Crippen molar-refractivity contribution in [2.45, 2.75) is 65.0 Å². The van der Waals surface area contributed by atoms with Gasteiger partial charge in [-0.05, 0) is 48.2 Å². The third-order valence-corrected chi connectivity index (χ3v) is 7.74. The van der Waals surface area contributed by atoms with Crippen LogP contribution in [0.1, 0.15) is 48.9 Å². The summed E-state index contributed by atoms with van der Waals surface area (Å²) in [6, 6.07) is 31.3. The summed E-state index contributed by atoms with van der Waals surface area (Å²) in [7, 11) is 11.0. The van der Waals surface area contributed by atoms with Gasteiger partial charge in [-0.1, -0.05) is 87.3 Å². The van der Waals surface area contributed by atoms with Crippen molar-refractivity contribution in [3.63, 3.8) is 0 Å². The summed E-state index contributed by atoms with van der Waals surface area (Å²) in [4.78, 5) is 0. The molecule has 2 radical (unpaired) electrons. The maximum atomic E-state index is 12.7. The first kappa shape index (κ1) is 41.8. The molecule has 0 unspecified atom stereocenters. The van der Waals surface area contributed by atoms with Crippen LogP contribution in [0.2, 0.25) is 13.1 Å². The average molecular weight is 823 g/mol. The Labute approximate surface area is 312 Å². The van der Waals surface area contributed by atoms with Gasteiger partial charge < -0.3 is 0 Å². The molecular weight excluding hydrogens is 785 g/mol. The summed E-state index contributed by atoms with van der Waals surface area (Å²) in [6.45, 7) is 8.57. The fraction of sp³-hybridized carbons (Fsp3) is 0.250. The zero-order valence-electron chi connectivity index (χ0n) is 28.2. The van der Waals surface area contributed by atoms with E-state index < -0.39 is 44.3 Å². The standard InChI is InChI=1S/2C19H16F3.C2H6Si.2ClH.Zr/c2*1-2-4-13-11-15-5-3-6-17(18(15)12-13)14-7-9-16(10-8-14)19(20,21)22;1-3-2;;;/h2*3,5-12H,2,4H2,1H3;1-2H3;2*1H;/q2*-1;;;;+4/p-2. The molecule has 0 heterocycles. The molecule has 0 atom stereocenters. The van der Waals surface area contributed by atoms with E-state index in [1.807, 2.05) is 36.4 Å².